The summed E-state index contributed by atoms with van der Waals surface area (Å²) in [7, 11) is 0. The minimum Gasteiger partial charge on any atom is -0.370 e. The zero-order chi connectivity index (χ0) is 12.8. The van der Waals surface area contributed by atoms with Crippen LogP contribution in [0.2, 0.25) is 0 Å². The van der Waals surface area contributed by atoms with Gasteiger partial charge in [-0.25, -0.2) is 9.97 Å². The number of aromatic nitrogens is 4. The lowest BCUT2D eigenvalue weighted by atomic mass is 10.2. The van der Waals surface area contributed by atoms with E-state index in [0.29, 0.717) is 17.9 Å². The Labute approximate surface area is 104 Å². The summed E-state index contributed by atoms with van der Waals surface area (Å²) in [5, 5.41) is 12.9. The van der Waals surface area contributed by atoms with Crippen LogP contribution in [0.3, 0.4) is 0 Å². The van der Waals surface area contributed by atoms with Crippen LogP contribution in [0.1, 0.15) is 17.3 Å². The molecule has 7 heteroatoms. The maximum Gasteiger partial charge on any atom is 0.261 e. The third kappa shape index (κ3) is 2.76. The molecule has 0 aliphatic carbocycles. The van der Waals surface area contributed by atoms with E-state index in [1.54, 1.807) is 18.3 Å². The predicted octanol–water partition coefficient (Wildman–Crippen LogP) is 0.951. The van der Waals surface area contributed by atoms with Crippen LogP contribution in [-0.4, -0.2) is 32.6 Å². The molecule has 7 nitrogen and oxygen atoms in total. The molecule has 2 N–H and O–H groups in total. The van der Waals surface area contributed by atoms with Crippen molar-refractivity contribution in [2.24, 2.45) is 0 Å². The number of hydrogen-bond donors (Lipinski definition) is 2. The highest BCUT2D eigenvalue weighted by molar-refractivity contribution is 6.06. The van der Waals surface area contributed by atoms with E-state index in [4.69, 9.17) is 0 Å². The zero-order valence-corrected chi connectivity index (χ0v) is 9.79. The molecule has 0 bridgehead atoms. The number of nitrogens with one attached hydrogen (secondary N) is 2. The van der Waals surface area contributed by atoms with Gasteiger partial charge in [-0.1, -0.05) is 0 Å². The van der Waals surface area contributed by atoms with Gasteiger partial charge in [-0.3, -0.25) is 10.1 Å². The Balaban J connectivity index is 2.19. The van der Waals surface area contributed by atoms with Crippen LogP contribution in [0, 0.1) is 0 Å². The van der Waals surface area contributed by atoms with Crippen LogP contribution in [0.15, 0.2) is 30.7 Å². The zero-order valence-electron chi connectivity index (χ0n) is 9.79. The van der Waals surface area contributed by atoms with Gasteiger partial charge in [-0.05, 0) is 19.1 Å². The first-order chi connectivity index (χ1) is 8.81. The van der Waals surface area contributed by atoms with E-state index < -0.39 is 0 Å². The van der Waals surface area contributed by atoms with E-state index >= 15 is 0 Å². The maximum absolute atomic E-state index is 12.0. The molecule has 0 aliphatic rings. The summed E-state index contributed by atoms with van der Waals surface area (Å²) in [6.45, 7) is 2.61. The molecule has 18 heavy (non-hydrogen) atoms. The van der Waals surface area contributed by atoms with Crippen LogP contribution < -0.4 is 10.6 Å². The molecule has 2 rings (SSSR count). The first kappa shape index (κ1) is 11.9. The van der Waals surface area contributed by atoms with E-state index in [2.05, 4.69) is 30.8 Å². The third-order valence-electron chi connectivity index (χ3n) is 2.10. The monoisotopic (exact) mass is 244 g/mol. The summed E-state index contributed by atoms with van der Waals surface area (Å²) < 4.78 is 0. The molecule has 92 valence electrons. The molecule has 2 aromatic heterocycles. The highest BCUT2D eigenvalue weighted by atomic mass is 16.1. The van der Waals surface area contributed by atoms with Gasteiger partial charge in [0.05, 0.1) is 18.0 Å². The molecule has 0 fully saturated rings. The number of nitrogens with zero attached hydrogens (tertiary/aromatic N) is 4. The van der Waals surface area contributed by atoms with Crippen molar-refractivity contribution in [3.8, 4) is 0 Å². The molecule has 0 saturated heterocycles. The second-order valence-corrected chi connectivity index (χ2v) is 3.35. The standard InChI is InChI=1S/C11H12N6O/c1-2-12-9-8(4-3-5-13-9)10(18)16-11-14-6-7-15-17-11/h3-7H,2H2,1H3,(H,12,13)(H,14,16,17,18). The summed E-state index contributed by atoms with van der Waals surface area (Å²) in [5.41, 5.74) is 0.437. The fraction of sp³-hybridized carbons (Fsp3) is 0.182. The summed E-state index contributed by atoms with van der Waals surface area (Å²) in [6, 6.07) is 3.37. The van der Waals surface area contributed by atoms with Crippen molar-refractivity contribution in [1.82, 2.24) is 20.2 Å². The normalized spacial score (nSPS) is 9.83. The topological polar surface area (TPSA) is 92.7 Å². The first-order valence-corrected chi connectivity index (χ1v) is 5.45. The minimum absolute atomic E-state index is 0.161. The van der Waals surface area contributed by atoms with Crippen molar-refractivity contribution < 1.29 is 4.79 Å². The van der Waals surface area contributed by atoms with Gasteiger partial charge >= 0.3 is 0 Å². The average molecular weight is 244 g/mol. The van der Waals surface area contributed by atoms with Crippen LogP contribution in [0.4, 0.5) is 11.8 Å². The van der Waals surface area contributed by atoms with Crippen LogP contribution >= 0.6 is 0 Å². The van der Waals surface area contributed by atoms with E-state index in [9.17, 15) is 4.79 Å². The Morgan fingerprint density at radius 2 is 2.17 bits per heavy atom. The highest BCUT2D eigenvalue weighted by Gasteiger charge is 2.12. The molecular formula is C11H12N6O. The van der Waals surface area contributed by atoms with Crippen molar-refractivity contribution in [2.45, 2.75) is 6.92 Å². The molecule has 0 aliphatic heterocycles. The number of carbonyl (C=O) groups excluding carboxylic acids is 1. The lowest BCUT2D eigenvalue weighted by Gasteiger charge is -2.08. The van der Waals surface area contributed by atoms with Crippen molar-refractivity contribution >= 4 is 17.7 Å². The summed E-state index contributed by atoms with van der Waals surface area (Å²) in [5.74, 6) is 0.363. The summed E-state index contributed by atoms with van der Waals surface area (Å²) in [4.78, 5) is 20.0. The maximum atomic E-state index is 12.0. The van der Waals surface area contributed by atoms with Crippen LogP contribution in [0.5, 0.6) is 0 Å². The van der Waals surface area contributed by atoms with Gasteiger partial charge in [0.25, 0.3) is 5.91 Å². The fourth-order valence-electron chi connectivity index (χ4n) is 1.37. The fourth-order valence-corrected chi connectivity index (χ4v) is 1.37. The Hall–Kier alpha value is -2.57. The minimum atomic E-state index is -0.327. The third-order valence-corrected chi connectivity index (χ3v) is 2.10. The molecule has 0 unspecified atom stereocenters. The summed E-state index contributed by atoms with van der Waals surface area (Å²) in [6.07, 6.45) is 4.51. The van der Waals surface area contributed by atoms with E-state index in [1.165, 1.54) is 12.4 Å². The predicted molar refractivity (Wildman–Crippen MR) is 66.2 cm³/mol. The van der Waals surface area contributed by atoms with Gasteiger partial charge in [0.1, 0.15) is 5.82 Å². The summed E-state index contributed by atoms with van der Waals surface area (Å²) >= 11 is 0. The Bertz CT molecular complexity index is 530. The van der Waals surface area contributed by atoms with Crippen LogP contribution in [-0.2, 0) is 0 Å². The number of amides is 1. The number of pyridine rings is 1. The van der Waals surface area contributed by atoms with Gasteiger partial charge in [0, 0.05) is 12.7 Å². The Morgan fingerprint density at radius 3 is 2.89 bits per heavy atom. The molecule has 0 spiro atoms. The van der Waals surface area contributed by atoms with E-state index in [-0.39, 0.29) is 11.9 Å². The van der Waals surface area contributed by atoms with Gasteiger partial charge in [0.2, 0.25) is 5.95 Å². The molecule has 0 radical (unpaired) electrons. The lowest BCUT2D eigenvalue weighted by molar-refractivity contribution is 0.102. The number of hydrogen-bond acceptors (Lipinski definition) is 6. The SMILES string of the molecule is CCNc1ncccc1C(=O)Nc1nccnn1. The molecule has 2 heterocycles. The number of carbonyl (C=O) groups is 1. The van der Waals surface area contributed by atoms with Gasteiger partial charge in [-0.15, -0.1) is 5.10 Å². The molecule has 0 atom stereocenters. The number of rotatable bonds is 4. The molecule has 0 aromatic carbocycles. The van der Waals surface area contributed by atoms with Crippen LogP contribution in [0.25, 0.3) is 0 Å². The smallest absolute Gasteiger partial charge is 0.261 e. The molecular weight excluding hydrogens is 232 g/mol. The Kier molecular flexibility index (Phi) is 3.75. The van der Waals surface area contributed by atoms with Gasteiger partial charge < -0.3 is 5.32 Å². The van der Waals surface area contributed by atoms with Crippen molar-refractivity contribution in [2.75, 3.05) is 17.2 Å². The molecule has 0 saturated carbocycles. The quantitative estimate of drug-likeness (QED) is 0.831. The van der Waals surface area contributed by atoms with Crippen molar-refractivity contribution in [3.05, 3.63) is 36.3 Å². The lowest BCUT2D eigenvalue weighted by Crippen LogP contribution is -2.17. The molecule has 2 aromatic rings. The highest BCUT2D eigenvalue weighted by Crippen LogP contribution is 2.12. The number of anilines is 2. The van der Waals surface area contributed by atoms with E-state index in [1.807, 2.05) is 6.92 Å². The second-order valence-electron chi connectivity index (χ2n) is 3.35. The molecule has 1 amide bonds. The van der Waals surface area contributed by atoms with Gasteiger partial charge in [0.15, 0.2) is 0 Å². The van der Waals surface area contributed by atoms with E-state index in [0.717, 1.165) is 0 Å². The van der Waals surface area contributed by atoms with Crippen molar-refractivity contribution in [3.63, 3.8) is 0 Å². The largest absolute Gasteiger partial charge is 0.370 e. The average Bonchev–Trinajstić information content (AvgIpc) is 2.41. The Morgan fingerprint density at radius 1 is 1.28 bits per heavy atom. The van der Waals surface area contributed by atoms with Crippen molar-refractivity contribution in [1.29, 1.82) is 0 Å². The second kappa shape index (κ2) is 5.67. The first-order valence-electron chi connectivity index (χ1n) is 5.45. The van der Waals surface area contributed by atoms with Gasteiger partial charge in [-0.2, -0.15) is 5.10 Å².